The van der Waals surface area contributed by atoms with Crippen LogP contribution in [0, 0.1) is 0 Å². The second-order valence-corrected chi connectivity index (χ2v) is 8.30. The molecule has 9 heteroatoms. The maximum Gasteiger partial charge on any atom is 0.275 e. The minimum absolute atomic E-state index is 0.241. The third-order valence-electron chi connectivity index (χ3n) is 4.27. The Labute approximate surface area is 170 Å². The first-order valence-corrected chi connectivity index (χ1v) is 10.4. The first-order valence-electron chi connectivity index (χ1n) is 8.50. The zero-order valence-corrected chi connectivity index (χ0v) is 16.9. The molecule has 1 amide bonds. The lowest BCUT2D eigenvalue weighted by Crippen LogP contribution is -2.33. The summed E-state index contributed by atoms with van der Waals surface area (Å²) in [5, 5.41) is 11.8. The number of carbonyl (C=O) groups excluding carboxylic acids is 1. The van der Waals surface area contributed by atoms with Gasteiger partial charge in [0.1, 0.15) is 5.83 Å². The van der Waals surface area contributed by atoms with E-state index in [2.05, 4.69) is 27.1 Å². The summed E-state index contributed by atoms with van der Waals surface area (Å²) in [6.07, 6.45) is 4.63. The van der Waals surface area contributed by atoms with Crippen molar-refractivity contribution in [3.05, 3.63) is 65.6 Å². The third-order valence-corrected chi connectivity index (χ3v) is 5.97. The van der Waals surface area contributed by atoms with Gasteiger partial charge in [-0.25, -0.2) is 4.39 Å². The summed E-state index contributed by atoms with van der Waals surface area (Å²) >= 11 is 2.98. The molecule has 0 saturated carbocycles. The molecular weight excluding hydrogens is 397 g/mol. The zero-order valence-electron chi connectivity index (χ0n) is 15.2. The average Bonchev–Trinajstić information content (AvgIpc) is 3.35. The molecule has 3 rings (SSSR count). The largest absolute Gasteiger partial charge is 0.379 e. The summed E-state index contributed by atoms with van der Waals surface area (Å²) in [7, 11) is 0. The van der Waals surface area contributed by atoms with E-state index in [9.17, 15) is 9.18 Å². The van der Waals surface area contributed by atoms with E-state index in [1.54, 1.807) is 17.4 Å². The number of thiophene rings is 1. The van der Waals surface area contributed by atoms with Gasteiger partial charge in [-0.2, -0.15) is 5.10 Å². The standard InChI is InChI=1S/C19H20FN5OS2/c1-3-13(20)12(19(2)7-10-28-18(21)23-19)6-8-22-17(26)15-11-14(24-25-15)16-5-4-9-27-16/h3-6,8-9,11H,1,7,10H2,2H3,(H2,21,23)(H,22,26)(H,24,25)/b8-6+,13-12?. The van der Waals surface area contributed by atoms with Crippen molar-refractivity contribution in [2.24, 2.45) is 10.7 Å². The van der Waals surface area contributed by atoms with Crippen molar-refractivity contribution in [3.63, 3.8) is 0 Å². The van der Waals surface area contributed by atoms with Crippen LogP contribution in [-0.2, 0) is 0 Å². The van der Waals surface area contributed by atoms with Crippen LogP contribution >= 0.6 is 23.1 Å². The van der Waals surface area contributed by atoms with Crippen molar-refractivity contribution < 1.29 is 9.18 Å². The van der Waals surface area contributed by atoms with Gasteiger partial charge in [-0.3, -0.25) is 14.9 Å². The van der Waals surface area contributed by atoms with Crippen molar-refractivity contribution in [3.8, 4) is 10.6 Å². The van der Waals surface area contributed by atoms with Crippen molar-refractivity contribution in [1.29, 1.82) is 0 Å². The smallest absolute Gasteiger partial charge is 0.275 e. The molecule has 4 N–H and O–H groups in total. The number of amidine groups is 1. The highest BCUT2D eigenvalue weighted by molar-refractivity contribution is 8.13. The highest BCUT2D eigenvalue weighted by Crippen LogP contribution is 2.35. The van der Waals surface area contributed by atoms with E-state index < -0.39 is 17.3 Å². The summed E-state index contributed by atoms with van der Waals surface area (Å²) in [6.45, 7) is 5.30. The Kier molecular flexibility index (Phi) is 6.15. The second kappa shape index (κ2) is 8.57. The number of amides is 1. The minimum Gasteiger partial charge on any atom is -0.379 e. The third kappa shape index (κ3) is 4.42. The number of nitrogens with one attached hydrogen (secondary N) is 2. The van der Waals surface area contributed by atoms with Crippen LogP contribution in [0.4, 0.5) is 4.39 Å². The molecule has 146 valence electrons. The SMILES string of the molecule is C=CC(F)=C(/C=C/NC(=O)c1cc(-c2cccs2)[nH]n1)C1(C)CCSC(N)=N1. The van der Waals surface area contributed by atoms with Gasteiger partial charge < -0.3 is 11.1 Å². The van der Waals surface area contributed by atoms with Crippen LogP contribution in [0.1, 0.15) is 23.8 Å². The van der Waals surface area contributed by atoms with Gasteiger partial charge in [0.25, 0.3) is 5.91 Å². The van der Waals surface area contributed by atoms with Crippen LogP contribution in [0.15, 0.2) is 64.9 Å². The molecule has 1 unspecified atom stereocenters. The fourth-order valence-electron chi connectivity index (χ4n) is 2.78. The number of carbonyl (C=O) groups is 1. The van der Waals surface area contributed by atoms with Gasteiger partial charge in [-0.05, 0) is 43.0 Å². The number of H-pyrrole nitrogens is 1. The molecule has 0 radical (unpaired) electrons. The Bertz CT molecular complexity index is 961. The van der Waals surface area contributed by atoms with E-state index in [0.717, 1.165) is 22.4 Å². The fourth-order valence-corrected chi connectivity index (χ4v) is 4.44. The lowest BCUT2D eigenvalue weighted by molar-refractivity contribution is 0.0965. The van der Waals surface area contributed by atoms with E-state index in [1.807, 2.05) is 24.4 Å². The predicted octanol–water partition coefficient (Wildman–Crippen LogP) is 4.00. The summed E-state index contributed by atoms with van der Waals surface area (Å²) in [5.41, 5.74) is 6.33. The fraction of sp³-hybridized carbons (Fsp3) is 0.211. The number of halogens is 1. The second-order valence-electron chi connectivity index (χ2n) is 6.24. The Balaban J connectivity index is 1.75. The van der Waals surface area contributed by atoms with Crippen LogP contribution in [0.2, 0.25) is 0 Å². The molecule has 1 aliphatic rings. The molecule has 2 aromatic heterocycles. The van der Waals surface area contributed by atoms with E-state index in [4.69, 9.17) is 5.73 Å². The van der Waals surface area contributed by atoms with Gasteiger partial charge in [0.05, 0.1) is 16.1 Å². The van der Waals surface area contributed by atoms with Crippen LogP contribution in [-0.4, -0.2) is 32.6 Å². The quantitative estimate of drug-likeness (QED) is 0.619. The predicted molar refractivity (Wildman–Crippen MR) is 114 cm³/mol. The average molecular weight is 418 g/mol. The van der Waals surface area contributed by atoms with Crippen molar-refractivity contribution in [2.45, 2.75) is 18.9 Å². The molecular formula is C19H20FN5OS2. The maximum atomic E-state index is 14.4. The summed E-state index contributed by atoms with van der Waals surface area (Å²) < 4.78 is 14.4. The van der Waals surface area contributed by atoms with Crippen LogP contribution in [0.3, 0.4) is 0 Å². The van der Waals surface area contributed by atoms with Crippen LogP contribution < -0.4 is 11.1 Å². The van der Waals surface area contributed by atoms with E-state index in [0.29, 0.717) is 17.2 Å². The van der Waals surface area contributed by atoms with Gasteiger partial charge in [0.2, 0.25) is 0 Å². The van der Waals surface area contributed by atoms with Crippen molar-refractivity contribution >= 4 is 34.2 Å². The van der Waals surface area contributed by atoms with Gasteiger partial charge in [0, 0.05) is 17.5 Å². The topological polar surface area (TPSA) is 96.2 Å². The lowest BCUT2D eigenvalue weighted by atomic mass is 9.88. The number of nitrogens with zero attached hydrogens (tertiary/aromatic N) is 2. The Hall–Kier alpha value is -2.65. The van der Waals surface area contributed by atoms with Gasteiger partial charge in [0.15, 0.2) is 10.9 Å². The molecule has 28 heavy (non-hydrogen) atoms. The number of aromatic nitrogens is 2. The molecule has 0 bridgehead atoms. The van der Waals surface area contributed by atoms with Crippen molar-refractivity contribution in [1.82, 2.24) is 15.5 Å². The van der Waals surface area contributed by atoms with Crippen LogP contribution in [0.5, 0.6) is 0 Å². The Morgan fingerprint density at radius 3 is 3.04 bits per heavy atom. The van der Waals surface area contributed by atoms with Gasteiger partial charge >= 0.3 is 0 Å². The molecule has 3 heterocycles. The molecule has 0 aromatic carbocycles. The monoisotopic (exact) mass is 417 g/mol. The molecule has 0 saturated heterocycles. The van der Waals surface area contributed by atoms with E-state index >= 15 is 0 Å². The number of hydrogen-bond donors (Lipinski definition) is 3. The van der Waals surface area contributed by atoms with Crippen LogP contribution in [0.25, 0.3) is 10.6 Å². The first-order chi connectivity index (χ1) is 13.4. The highest BCUT2D eigenvalue weighted by atomic mass is 32.2. The summed E-state index contributed by atoms with van der Waals surface area (Å²) in [4.78, 5) is 17.7. The number of allylic oxidation sites excluding steroid dienone is 2. The highest BCUT2D eigenvalue weighted by Gasteiger charge is 2.32. The zero-order chi connectivity index (χ0) is 20.1. The molecule has 2 aromatic rings. The number of hydrogen-bond acceptors (Lipinski definition) is 6. The Morgan fingerprint density at radius 2 is 2.36 bits per heavy atom. The number of aromatic amines is 1. The molecule has 6 nitrogen and oxygen atoms in total. The number of aliphatic imine (C=N–C) groups is 1. The molecule has 0 fully saturated rings. The molecule has 0 aliphatic carbocycles. The minimum atomic E-state index is -0.812. The lowest BCUT2D eigenvalue weighted by Gasteiger charge is -2.30. The normalized spacial score (nSPS) is 20.6. The molecule has 1 atom stereocenters. The number of thioether (sulfide) groups is 1. The van der Waals surface area contributed by atoms with E-state index in [-0.39, 0.29) is 5.69 Å². The Morgan fingerprint density at radius 1 is 1.54 bits per heavy atom. The summed E-state index contributed by atoms with van der Waals surface area (Å²) in [6, 6.07) is 5.52. The molecule has 0 spiro atoms. The number of nitrogens with two attached hydrogens (primary N) is 1. The van der Waals surface area contributed by atoms with Gasteiger partial charge in [-0.15, -0.1) is 11.3 Å². The summed E-state index contributed by atoms with van der Waals surface area (Å²) in [5.74, 6) is -0.170. The first kappa shape index (κ1) is 20.1. The molecule has 1 aliphatic heterocycles. The van der Waals surface area contributed by atoms with Gasteiger partial charge in [-0.1, -0.05) is 24.4 Å². The number of rotatable bonds is 6. The maximum absolute atomic E-state index is 14.4. The van der Waals surface area contributed by atoms with E-state index in [1.165, 1.54) is 24.0 Å². The van der Waals surface area contributed by atoms with Crippen molar-refractivity contribution in [2.75, 3.05) is 5.75 Å².